The molecule has 0 aliphatic carbocycles. The number of rotatable bonds is 2. The maximum Gasteiger partial charge on any atom is 0.323 e. The van der Waals surface area contributed by atoms with Gasteiger partial charge in [0.1, 0.15) is 28.8 Å². The molecular weight excluding hydrogens is 2020 g/mol. The number of carboxylic acids is 1. The van der Waals surface area contributed by atoms with Gasteiger partial charge in [-0.1, -0.05) is 105 Å². The predicted octanol–water partition coefficient (Wildman–Crippen LogP) is 26.1. The van der Waals surface area contributed by atoms with Gasteiger partial charge in [-0.05, 0) is 288 Å². The maximum atomic E-state index is 14.5. The van der Waals surface area contributed by atoms with Crippen molar-refractivity contribution in [2.75, 3.05) is 38.1 Å². The highest BCUT2D eigenvalue weighted by Gasteiger charge is 2.42. The number of nitrogens with one attached hydrogen (secondary N) is 7. The lowest BCUT2D eigenvalue weighted by molar-refractivity contribution is -0.385. The first-order chi connectivity index (χ1) is 59.7. The van der Waals surface area contributed by atoms with Crippen molar-refractivity contribution in [1.29, 1.82) is 11.1 Å². The van der Waals surface area contributed by atoms with E-state index in [1.807, 2.05) is 113 Å². The summed E-state index contributed by atoms with van der Waals surface area (Å²) in [4.78, 5) is 32.2. The van der Waals surface area contributed by atoms with E-state index in [4.69, 9.17) is 144 Å². The van der Waals surface area contributed by atoms with Crippen molar-refractivity contribution in [1.82, 2.24) is 29.5 Å². The second-order valence-electron chi connectivity index (χ2n) is 33.7. The smallest absolute Gasteiger partial charge is 0.323 e. The summed E-state index contributed by atoms with van der Waals surface area (Å²) in [6.45, 7) is 40.0. The standard InChI is InChI=1S/C13H13BrClFN4.C13H14ClFN4.C12H15ClFN3.C12H13ClFNO.C12H13ClFNS.C7H6BrClFN.C7H5ClFNO2.C7H7ClFN.C4H9NO2.H2N2.H2/c1-5-7(14)8(15)9(16)10-11(5)20-6(2)18-19-12(20)13(3,4)17-10;1-6-5-8(14)9(15)10-11(6)19-7(2)17-18-12(19)13(3,4)16-10;1-6-4-8(13)10(14)11-7(6)5-9(17-15)12(2,3)16-11;2*1-6-4-8(13)10(14)11-7(6)5-9(16)12(2,3)15-11;1-3-2-4(9)6(10)5(8)7(3)11;1-4-2-5(8)6(9)3-7(4)10(11)12;1-4-2-5(8)6(9)3-7(4)10;1-4(2,5)3(6)7;1-2;/h17H,1-4H3;5,16H,1-4H3;4,16H,5,15H2,1-3H3;2*4,15H,5H2,1-3H3;2H,11H2,1H3;2-3H,1H3;2-3H,10H2,1H3;5H2,1-2H3,(H,6,7);1-2H;1H/b;;17-9+;;;;;;;;. The zero-order valence-electron chi connectivity index (χ0n) is 74.5. The normalized spacial score (nSPS) is 14.9. The van der Waals surface area contributed by atoms with E-state index < -0.39 is 79.3 Å². The summed E-state index contributed by atoms with van der Waals surface area (Å²) >= 11 is 57.5. The van der Waals surface area contributed by atoms with E-state index in [0.29, 0.717) is 79.8 Å². The SMILES string of the molecule is CC(C)(N)C(=O)O.Cc1c(Br)c(Cl)c(F)c2c1-n1c(C)nnc1C(C)(C)N2.Cc1cc(Cl)c(F)c(Br)c1N.Cc1cc(Cl)c(F)c2c1-n1c(C)nnc1C(C)(C)N2.Cc1cc(Cl)c(F)c2c1C/C(=N\N)C(C)(C)N2.Cc1cc(Cl)c(F)c2c1CC(=O)C(C)(C)N2.Cc1cc(Cl)c(F)c2c1CC(=S)C(C)(C)N2.Cc1cc(Cl)c(F)cc1N.Cc1cc(Cl)c(F)cc1[N+](=O)[O-].N=N.[HH]. The lowest BCUT2D eigenvalue weighted by Crippen LogP contribution is -2.46. The Kier molecular flexibility index (Phi) is 36.2. The first kappa shape index (κ1) is 110. The number of ketones is 1. The molecule has 24 nitrogen and oxygen atoms in total. The fourth-order valence-corrected chi connectivity index (χ4v) is 16.4. The molecule has 0 atom stereocenters. The van der Waals surface area contributed by atoms with Crippen LogP contribution in [0.15, 0.2) is 68.6 Å². The minimum Gasteiger partial charge on any atom is -0.480 e. The lowest BCUT2D eigenvalue weighted by Gasteiger charge is -2.35. The van der Waals surface area contributed by atoms with Crippen molar-refractivity contribution in [2.24, 2.45) is 16.7 Å². The Morgan fingerprint density at radius 2 is 0.854 bits per heavy atom. The van der Waals surface area contributed by atoms with Crippen molar-refractivity contribution in [2.45, 2.75) is 205 Å². The molecule has 0 spiro atoms. The Morgan fingerprint density at radius 1 is 0.508 bits per heavy atom. The van der Waals surface area contributed by atoms with E-state index in [0.717, 1.165) is 89.9 Å². The van der Waals surface area contributed by atoms with Crippen LogP contribution in [0.2, 0.25) is 40.2 Å². The summed E-state index contributed by atoms with van der Waals surface area (Å²) in [5.41, 5.74) is 36.2. The number of carbonyl (C=O) groups excluding carboxylic acids is 1. The number of halogens is 18. The van der Waals surface area contributed by atoms with Gasteiger partial charge in [-0.15, -0.1) is 20.4 Å². The molecule has 0 saturated heterocycles. The number of carbonyl (C=O) groups is 2. The minimum absolute atomic E-state index is 0. The lowest BCUT2D eigenvalue weighted by atomic mass is 9.85. The van der Waals surface area contributed by atoms with Crippen LogP contribution in [0.3, 0.4) is 0 Å². The summed E-state index contributed by atoms with van der Waals surface area (Å²) in [7, 11) is 0. The number of nitrogens with two attached hydrogens (primary N) is 4. The number of aryl methyl sites for hydroxylation is 9. The number of nitro groups is 1. The molecule has 0 unspecified atom stereocenters. The zero-order chi connectivity index (χ0) is 99.4. The molecule has 0 radical (unpaired) electrons. The molecule has 0 amide bonds. The van der Waals surface area contributed by atoms with E-state index in [1.165, 1.54) is 45.0 Å². The molecule has 10 aromatic rings. The van der Waals surface area contributed by atoms with Gasteiger partial charge in [0.15, 0.2) is 52.3 Å². The van der Waals surface area contributed by atoms with Crippen molar-refractivity contribution >= 4 is 205 Å². The van der Waals surface area contributed by atoms with Gasteiger partial charge in [-0.2, -0.15) is 5.10 Å². The van der Waals surface area contributed by atoms with Crippen LogP contribution in [-0.2, 0) is 39.9 Å². The number of aliphatic carboxylic acids is 1. The van der Waals surface area contributed by atoms with Crippen LogP contribution in [0, 0.1) is 137 Å². The van der Waals surface area contributed by atoms with E-state index in [9.17, 15) is 54.8 Å². The fourth-order valence-electron chi connectivity index (χ4n) is 13.3. The third-order valence-electron chi connectivity index (χ3n) is 21.0. The number of hydrogen-bond donors (Lipinski definition) is 12. The van der Waals surface area contributed by atoms with Crippen LogP contribution in [0.25, 0.3) is 11.4 Å². The number of aromatic nitrogens is 6. The monoisotopic (exact) mass is 2110 g/mol. The number of carboxylic acid groups (broad SMARTS) is 1. The van der Waals surface area contributed by atoms with E-state index >= 15 is 0 Å². The molecule has 2 aromatic heterocycles. The molecule has 8 aromatic carbocycles. The van der Waals surface area contributed by atoms with E-state index in [1.54, 1.807) is 52.0 Å². The second kappa shape index (κ2) is 42.9. The van der Waals surface area contributed by atoms with Gasteiger partial charge in [0.05, 0.1) is 135 Å². The fraction of sp³-hybridized carbons (Fsp3) is 0.356. The van der Waals surface area contributed by atoms with Gasteiger partial charge >= 0.3 is 5.97 Å². The van der Waals surface area contributed by atoms with Crippen molar-refractivity contribution < 1.29 is 56.2 Å². The molecule has 15 rings (SSSR count). The van der Waals surface area contributed by atoms with Gasteiger partial charge in [-0.3, -0.25) is 28.8 Å². The highest BCUT2D eigenvalue weighted by molar-refractivity contribution is 9.11. The number of benzene rings is 8. The van der Waals surface area contributed by atoms with Crippen molar-refractivity contribution in [3.8, 4) is 11.4 Å². The average Bonchev–Trinajstić information content (AvgIpc) is 1.64. The summed E-state index contributed by atoms with van der Waals surface area (Å²) in [6, 6.07) is 12.7. The molecule has 5 aliphatic heterocycles. The molecule has 0 fully saturated rings. The molecule has 0 saturated carbocycles. The van der Waals surface area contributed by atoms with Crippen LogP contribution in [-0.4, -0.2) is 84.0 Å². The summed E-state index contributed by atoms with van der Waals surface area (Å²) in [5.74, 6) is 3.53. The van der Waals surface area contributed by atoms with Gasteiger partial charge in [0.2, 0.25) is 0 Å². The highest BCUT2D eigenvalue weighted by atomic mass is 79.9. The largest absolute Gasteiger partial charge is 0.480 e. The predicted molar refractivity (Wildman–Crippen MR) is 520 cm³/mol. The van der Waals surface area contributed by atoms with Gasteiger partial charge in [0.25, 0.3) is 5.69 Å². The third-order valence-corrected chi connectivity index (χ3v) is 25.9. The number of hydrogen-bond acceptors (Lipinski definition) is 21. The number of thiocarbonyl (C=S) groups is 1. The van der Waals surface area contributed by atoms with Gasteiger partial charge < -0.3 is 54.7 Å². The molecule has 5 aliphatic rings. The third kappa shape index (κ3) is 24.5. The summed E-state index contributed by atoms with van der Waals surface area (Å²) < 4.78 is 113. The topological polar surface area (TPSA) is 383 Å². The first-order valence-corrected chi connectivity index (χ1v) is 43.9. The molecule has 0 bridgehead atoms. The number of hydrazone groups is 1. The molecule has 704 valence electrons. The number of nitro benzene ring substituents is 1. The average molecular weight is 2120 g/mol. The molecule has 130 heavy (non-hydrogen) atoms. The Morgan fingerprint density at radius 3 is 1.28 bits per heavy atom. The van der Waals surface area contributed by atoms with Crippen LogP contribution < -0.4 is 49.6 Å². The van der Waals surface area contributed by atoms with Crippen LogP contribution in [0.1, 0.15) is 169 Å². The Hall–Kier alpha value is -8.98. The molecule has 7 heterocycles. The van der Waals surface area contributed by atoms with Crippen LogP contribution in [0.4, 0.5) is 80.6 Å². The number of fused-ring (bicyclic) bond motifs is 9. The Bertz CT molecular complexity index is 6000. The van der Waals surface area contributed by atoms with Gasteiger partial charge in [-0.25, -0.2) is 46.2 Å². The molecule has 43 heteroatoms. The Balaban J connectivity index is 0.000000263. The first-order valence-electron chi connectivity index (χ1n) is 38.9. The van der Waals surface area contributed by atoms with Crippen LogP contribution in [0.5, 0.6) is 0 Å². The van der Waals surface area contributed by atoms with Crippen LogP contribution >= 0.6 is 137 Å². The molecular formula is C87H99Br2Cl8F8N19O5S. The zero-order valence-corrected chi connectivity index (χ0v) is 84.5. The quantitative estimate of drug-likeness (QED) is 0.0112. The minimum atomic E-state index is -1.08. The molecule has 16 N–H and O–H groups in total. The maximum absolute atomic E-state index is 14.5. The Labute approximate surface area is 810 Å². The number of Topliss-reactive ketones (excluding diaryl/α,β-unsaturated/α-hetero) is 1. The highest BCUT2D eigenvalue weighted by Crippen LogP contribution is 2.48. The number of nitrogen functional groups attached to an aromatic ring is 2. The number of nitrogens with zero attached hydrogens (tertiary/aromatic N) is 8. The van der Waals surface area contributed by atoms with Crippen molar-refractivity contribution in [3.05, 3.63) is 245 Å². The number of anilines is 7. The summed E-state index contributed by atoms with van der Waals surface area (Å²) in [6.07, 6.45) is 1.44. The summed E-state index contributed by atoms with van der Waals surface area (Å²) in [5, 5.41) is 55.1. The van der Waals surface area contributed by atoms with Gasteiger partial charge in [0, 0.05) is 41.3 Å². The van der Waals surface area contributed by atoms with E-state index in [-0.39, 0.29) is 75.3 Å². The second-order valence-corrected chi connectivity index (χ2v) is 39.0. The van der Waals surface area contributed by atoms with Crippen molar-refractivity contribution in [3.63, 3.8) is 0 Å². The van der Waals surface area contributed by atoms with E-state index in [2.05, 4.69) is 83.9 Å².